The van der Waals surface area contributed by atoms with E-state index in [-0.39, 0.29) is 6.04 Å². The molecule has 2 aliphatic heterocycles. The molecule has 2 fully saturated rings. The monoisotopic (exact) mass is 362 g/mol. The van der Waals surface area contributed by atoms with Gasteiger partial charge in [-0.3, -0.25) is 9.58 Å². The summed E-state index contributed by atoms with van der Waals surface area (Å²) in [6.45, 7) is 9.55. The van der Waals surface area contributed by atoms with E-state index in [1.165, 1.54) is 0 Å². The third-order valence-electron chi connectivity index (χ3n) is 5.74. The largest absolute Gasteiger partial charge is 0.379 e. The average Bonchev–Trinajstić information content (AvgIpc) is 3.18. The molecule has 1 atom stereocenters. The van der Waals surface area contributed by atoms with Crippen molar-refractivity contribution in [1.29, 1.82) is 0 Å². The van der Waals surface area contributed by atoms with Gasteiger partial charge in [0.25, 0.3) is 0 Å². The van der Waals surface area contributed by atoms with Crippen LogP contribution in [0.5, 0.6) is 0 Å². The summed E-state index contributed by atoms with van der Waals surface area (Å²) in [6, 6.07) is 1.90. The normalized spacial score (nSPS) is 23.0. The van der Waals surface area contributed by atoms with Crippen LogP contribution in [0.25, 0.3) is 0 Å². The molecule has 3 heterocycles. The number of piperidine rings is 1. The number of rotatable bonds is 7. The lowest BCUT2D eigenvalue weighted by Crippen LogP contribution is -2.54. The van der Waals surface area contributed by atoms with Crippen molar-refractivity contribution in [2.24, 2.45) is 0 Å². The van der Waals surface area contributed by atoms with E-state index in [9.17, 15) is 9.59 Å². The zero-order chi connectivity index (χ0) is 18.6. The molecule has 0 bridgehead atoms. The molecule has 2 aliphatic rings. The second-order valence-corrected chi connectivity index (χ2v) is 7.70. The lowest BCUT2D eigenvalue weighted by molar-refractivity contribution is -0.120. The number of nitrogens with zero attached hydrogens (tertiary/aromatic N) is 4. The van der Waals surface area contributed by atoms with Gasteiger partial charge in [-0.1, -0.05) is 13.8 Å². The molecular formula is C19H30N4O3. The fourth-order valence-electron chi connectivity index (χ4n) is 4.04. The molecule has 0 radical (unpaired) electrons. The summed E-state index contributed by atoms with van der Waals surface area (Å²) >= 11 is 0. The van der Waals surface area contributed by atoms with Gasteiger partial charge < -0.3 is 19.2 Å². The van der Waals surface area contributed by atoms with Crippen LogP contribution in [-0.4, -0.2) is 84.1 Å². The molecule has 0 aliphatic carbocycles. The van der Waals surface area contributed by atoms with E-state index in [0.29, 0.717) is 25.7 Å². The summed E-state index contributed by atoms with van der Waals surface area (Å²) in [5.41, 5.74) is 0.541. The minimum absolute atomic E-state index is 0.0986. The molecule has 0 amide bonds. The van der Waals surface area contributed by atoms with Gasteiger partial charge in [0.15, 0.2) is 0 Å². The molecule has 0 saturated carbocycles. The van der Waals surface area contributed by atoms with Crippen molar-refractivity contribution in [2.75, 3.05) is 45.9 Å². The van der Waals surface area contributed by atoms with Gasteiger partial charge in [0.2, 0.25) is 0 Å². The van der Waals surface area contributed by atoms with Crippen LogP contribution in [0.1, 0.15) is 38.3 Å². The number of morpholine rings is 1. The van der Waals surface area contributed by atoms with Crippen LogP contribution in [0.15, 0.2) is 12.3 Å². The van der Waals surface area contributed by atoms with Gasteiger partial charge in [0, 0.05) is 44.6 Å². The molecule has 144 valence electrons. The summed E-state index contributed by atoms with van der Waals surface area (Å²) in [7, 11) is 0. The summed E-state index contributed by atoms with van der Waals surface area (Å²) in [5, 5.41) is 4.47. The maximum absolute atomic E-state index is 12.0. The van der Waals surface area contributed by atoms with Gasteiger partial charge in [-0.25, -0.2) is 0 Å². The zero-order valence-corrected chi connectivity index (χ0v) is 15.8. The van der Waals surface area contributed by atoms with Gasteiger partial charge in [-0.15, -0.1) is 0 Å². The molecule has 1 unspecified atom stereocenters. The van der Waals surface area contributed by atoms with Gasteiger partial charge in [0.1, 0.15) is 18.1 Å². The highest BCUT2D eigenvalue weighted by Crippen LogP contribution is 2.31. The highest BCUT2D eigenvalue weighted by atomic mass is 16.5. The number of likely N-dealkylation sites (tertiary alicyclic amines) is 1. The van der Waals surface area contributed by atoms with Crippen LogP contribution in [0.3, 0.4) is 0 Å². The Kier molecular flexibility index (Phi) is 6.21. The van der Waals surface area contributed by atoms with Crippen molar-refractivity contribution in [2.45, 2.75) is 44.2 Å². The van der Waals surface area contributed by atoms with Gasteiger partial charge in [-0.05, 0) is 24.8 Å². The Morgan fingerprint density at radius 3 is 2.46 bits per heavy atom. The highest BCUT2D eigenvalue weighted by Gasteiger charge is 2.39. The quantitative estimate of drug-likeness (QED) is 0.672. The van der Waals surface area contributed by atoms with Crippen molar-refractivity contribution in [1.82, 2.24) is 19.6 Å². The minimum atomic E-state index is -0.560. The van der Waals surface area contributed by atoms with Gasteiger partial charge >= 0.3 is 0 Å². The number of carbonyl (C=O) groups is 2. The van der Waals surface area contributed by atoms with E-state index < -0.39 is 5.54 Å². The molecule has 0 spiro atoms. The number of carbonyl (C=O) groups excluding carboxylic acids is 2. The summed E-state index contributed by atoms with van der Waals surface area (Å²) in [4.78, 5) is 28.1. The molecule has 0 N–H and O–H groups in total. The standard InChI is InChI=1S/C19H30N4O3/c1-16(2)18-3-6-20-23(18)19(15-25)4-7-21(8-5-19)13-17(14-24)22-9-11-26-12-10-22/h3,6,14-17H,4-5,7-13H2,1-2H3. The Morgan fingerprint density at radius 1 is 1.19 bits per heavy atom. The van der Waals surface area contributed by atoms with E-state index in [0.717, 1.165) is 57.3 Å². The molecular weight excluding hydrogens is 332 g/mol. The number of hydrogen-bond acceptors (Lipinski definition) is 6. The van der Waals surface area contributed by atoms with E-state index in [1.807, 2.05) is 10.7 Å². The molecule has 1 aromatic rings. The first-order chi connectivity index (χ1) is 12.6. The molecule has 7 heteroatoms. The topological polar surface area (TPSA) is 67.7 Å². The number of aromatic nitrogens is 2. The Labute approximate surface area is 155 Å². The predicted molar refractivity (Wildman–Crippen MR) is 98.3 cm³/mol. The van der Waals surface area contributed by atoms with Crippen LogP contribution < -0.4 is 0 Å². The van der Waals surface area contributed by atoms with Crippen molar-refractivity contribution in [3.8, 4) is 0 Å². The number of ether oxygens (including phenoxy) is 1. The molecule has 0 aromatic carbocycles. The molecule has 26 heavy (non-hydrogen) atoms. The Hall–Kier alpha value is -1.57. The molecule has 7 nitrogen and oxygen atoms in total. The summed E-state index contributed by atoms with van der Waals surface area (Å²) in [6.07, 6.45) is 5.37. The van der Waals surface area contributed by atoms with E-state index in [2.05, 4.69) is 28.7 Å². The fraction of sp³-hybridized carbons (Fsp3) is 0.737. The van der Waals surface area contributed by atoms with Crippen LogP contribution in [0.2, 0.25) is 0 Å². The van der Waals surface area contributed by atoms with Crippen molar-refractivity contribution >= 4 is 12.6 Å². The first-order valence-electron chi connectivity index (χ1n) is 9.60. The lowest BCUT2D eigenvalue weighted by atomic mass is 9.88. The summed E-state index contributed by atoms with van der Waals surface area (Å²) in [5.74, 6) is 0.327. The number of hydrogen-bond donors (Lipinski definition) is 0. The zero-order valence-electron chi connectivity index (χ0n) is 15.8. The third-order valence-corrected chi connectivity index (χ3v) is 5.74. The molecule has 2 saturated heterocycles. The van der Waals surface area contributed by atoms with Crippen LogP contribution >= 0.6 is 0 Å². The molecule has 1 aromatic heterocycles. The van der Waals surface area contributed by atoms with E-state index >= 15 is 0 Å². The highest BCUT2D eigenvalue weighted by molar-refractivity contribution is 5.62. The Bertz CT molecular complexity index is 602. The Morgan fingerprint density at radius 2 is 1.88 bits per heavy atom. The van der Waals surface area contributed by atoms with E-state index in [4.69, 9.17) is 4.74 Å². The lowest BCUT2D eigenvalue weighted by Gasteiger charge is -2.41. The van der Waals surface area contributed by atoms with Gasteiger partial charge in [0.05, 0.1) is 19.3 Å². The fourth-order valence-corrected chi connectivity index (χ4v) is 4.04. The van der Waals surface area contributed by atoms with E-state index in [1.54, 1.807) is 6.20 Å². The Balaban J connectivity index is 1.64. The maximum Gasteiger partial charge on any atom is 0.147 e. The third kappa shape index (κ3) is 3.89. The van der Waals surface area contributed by atoms with Gasteiger partial charge in [-0.2, -0.15) is 5.10 Å². The SMILES string of the molecule is CC(C)c1ccnn1C1(C=O)CCN(CC(C=O)N2CCOCC2)CC1. The second kappa shape index (κ2) is 8.41. The second-order valence-electron chi connectivity index (χ2n) is 7.70. The number of aldehydes is 2. The van der Waals surface area contributed by atoms with Crippen molar-refractivity contribution < 1.29 is 14.3 Å². The smallest absolute Gasteiger partial charge is 0.147 e. The van der Waals surface area contributed by atoms with Crippen LogP contribution in [-0.2, 0) is 19.9 Å². The predicted octanol–water partition coefficient (Wildman–Crippen LogP) is 0.896. The minimum Gasteiger partial charge on any atom is -0.379 e. The molecule has 3 rings (SSSR count). The van der Waals surface area contributed by atoms with Crippen LogP contribution in [0, 0.1) is 0 Å². The maximum atomic E-state index is 12.0. The van der Waals surface area contributed by atoms with Crippen LogP contribution in [0.4, 0.5) is 0 Å². The first-order valence-corrected chi connectivity index (χ1v) is 9.60. The average molecular weight is 362 g/mol. The van der Waals surface area contributed by atoms with Crippen molar-refractivity contribution in [3.05, 3.63) is 18.0 Å². The first kappa shape index (κ1) is 19.2. The summed E-state index contributed by atoms with van der Waals surface area (Å²) < 4.78 is 7.31. The van der Waals surface area contributed by atoms with Crippen molar-refractivity contribution in [3.63, 3.8) is 0 Å².